The summed E-state index contributed by atoms with van der Waals surface area (Å²) >= 11 is 0. The van der Waals surface area contributed by atoms with Gasteiger partial charge in [-0.05, 0) is 37.5 Å². The smallest absolute Gasteiger partial charge is 0.240 e. The highest BCUT2D eigenvalue weighted by atomic mass is 16.3. The van der Waals surface area contributed by atoms with Crippen molar-refractivity contribution < 1.29 is 9.90 Å². The summed E-state index contributed by atoms with van der Waals surface area (Å²) in [5, 5.41) is 12.1. The highest BCUT2D eigenvalue weighted by Gasteiger charge is 2.35. The fraction of sp³-hybridized carbons (Fsp3) is 0.933. The fourth-order valence-electron chi connectivity index (χ4n) is 2.98. The van der Waals surface area contributed by atoms with Crippen LogP contribution in [-0.2, 0) is 4.79 Å². The van der Waals surface area contributed by atoms with E-state index in [0.29, 0.717) is 18.4 Å². The summed E-state index contributed by atoms with van der Waals surface area (Å²) in [5.74, 6) is 0.926. The van der Waals surface area contributed by atoms with E-state index in [1.165, 1.54) is 6.42 Å². The molecule has 1 atom stereocenters. The molecular weight excluding hydrogens is 240 g/mol. The van der Waals surface area contributed by atoms with Crippen molar-refractivity contribution in [3.05, 3.63) is 0 Å². The van der Waals surface area contributed by atoms with Crippen LogP contribution in [0.5, 0.6) is 0 Å². The van der Waals surface area contributed by atoms with Crippen LogP contribution in [0.2, 0.25) is 0 Å². The first-order chi connectivity index (χ1) is 8.98. The normalized spacial score (nSPS) is 20.3. The third-order valence-electron chi connectivity index (χ3n) is 4.09. The lowest BCUT2D eigenvalue weighted by Crippen LogP contribution is -2.55. The van der Waals surface area contributed by atoms with Crippen LogP contribution in [0.15, 0.2) is 0 Å². The van der Waals surface area contributed by atoms with Crippen LogP contribution in [-0.4, -0.2) is 29.7 Å². The molecule has 1 saturated carbocycles. The van der Waals surface area contributed by atoms with Crippen LogP contribution in [0.25, 0.3) is 0 Å². The Balaban J connectivity index is 2.41. The molecule has 4 heteroatoms. The van der Waals surface area contributed by atoms with Crippen LogP contribution in [0.4, 0.5) is 0 Å². The molecule has 1 amide bonds. The maximum atomic E-state index is 12.2. The summed E-state index contributed by atoms with van der Waals surface area (Å²) in [5.41, 5.74) is 5.55. The summed E-state index contributed by atoms with van der Waals surface area (Å²) < 4.78 is 0. The van der Waals surface area contributed by atoms with E-state index in [4.69, 9.17) is 10.8 Å². The summed E-state index contributed by atoms with van der Waals surface area (Å²) in [4.78, 5) is 12.2. The second-order valence-electron chi connectivity index (χ2n) is 6.43. The van der Waals surface area contributed by atoms with Gasteiger partial charge in [-0.2, -0.15) is 0 Å². The van der Waals surface area contributed by atoms with E-state index in [9.17, 15) is 4.79 Å². The number of hydrogen-bond acceptors (Lipinski definition) is 3. The van der Waals surface area contributed by atoms with Crippen molar-refractivity contribution in [1.82, 2.24) is 5.32 Å². The van der Waals surface area contributed by atoms with Gasteiger partial charge in [0.1, 0.15) is 0 Å². The van der Waals surface area contributed by atoms with Gasteiger partial charge in [0, 0.05) is 13.2 Å². The van der Waals surface area contributed by atoms with Gasteiger partial charge in [-0.15, -0.1) is 0 Å². The minimum Gasteiger partial charge on any atom is -0.396 e. The first kappa shape index (κ1) is 16.4. The molecule has 1 aliphatic carbocycles. The Morgan fingerprint density at radius 1 is 1.32 bits per heavy atom. The van der Waals surface area contributed by atoms with E-state index in [1.807, 2.05) is 0 Å². The first-order valence-electron chi connectivity index (χ1n) is 7.66. The Morgan fingerprint density at radius 3 is 2.47 bits per heavy atom. The standard InChI is InChI=1S/C15H30N2O2/c1-12(2)10-13(6-9-18)11-17-14(19)15(16)7-4-3-5-8-15/h12-13,18H,3-11,16H2,1-2H3,(H,17,19). The maximum Gasteiger partial charge on any atom is 0.240 e. The minimum atomic E-state index is -0.653. The average Bonchev–Trinajstić information content (AvgIpc) is 2.36. The number of nitrogens with two attached hydrogens (primary N) is 1. The summed E-state index contributed by atoms with van der Waals surface area (Å²) in [6.07, 6.45) is 6.66. The SMILES string of the molecule is CC(C)CC(CCO)CNC(=O)C1(N)CCCCC1. The van der Waals surface area contributed by atoms with Crippen molar-refractivity contribution in [2.24, 2.45) is 17.6 Å². The van der Waals surface area contributed by atoms with Crippen LogP contribution in [0.1, 0.15) is 58.8 Å². The zero-order chi connectivity index (χ0) is 14.3. The number of amides is 1. The topological polar surface area (TPSA) is 75.3 Å². The van der Waals surface area contributed by atoms with Crippen LogP contribution >= 0.6 is 0 Å². The highest BCUT2D eigenvalue weighted by molar-refractivity contribution is 5.86. The van der Waals surface area contributed by atoms with Gasteiger partial charge in [0.25, 0.3) is 0 Å². The molecule has 1 unspecified atom stereocenters. The molecule has 0 aromatic carbocycles. The largest absolute Gasteiger partial charge is 0.396 e. The summed E-state index contributed by atoms with van der Waals surface area (Å²) in [6.45, 7) is 5.15. The van der Waals surface area contributed by atoms with Gasteiger partial charge in [-0.1, -0.05) is 33.1 Å². The Bertz CT molecular complexity index is 273. The number of aliphatic hydroxyl groups excluding tert-OH is 1. The summed E-state index contributed by atoms with van der Waals surface area (Å²) in [7, 11) is 0. The number of carbonyl (C=O) groups excluding carboxylic acids is 1. The monoisotopic (exact) mass is 270 g/mol. The van der Waals surface area contributed by atoms with E-state index in [2.05, 4.69) is 19.2 Å². The Labute approximate surface area is 117 Å². The molecule has 0 bridgehead atoms. The van der Waals surface area contributed by atoms with Crippen molar-refractivity contribution in [2.75, 3.05) is 13.2 Å². The molecule has 4 N–H and O–H groups in total. The minimum absolute atomic E-state index is 0.00102. The number of aliphatic hydroxyl groups is 1. The quantitative estimate of drug-likeness (QED) is 0.660. The van der Waals surface area contributed by atoms with Gasteiger partial charge in [0.15, 0.2) is 0 Å². The van der Waals surface area contributed by atoms with Crippen molar-refractivity contribution in [1.29, 1.82) is 0 Å². The molecular formula is C15H30N2O2. The lowest BCUT2D eigenvalue weighted by Gasteiger charge is -2.32. The number of carbonyl (C=O) groups is 1. The van der Waals surface area contributed by atoms with Gasteiger partial charge < -0.3 is 16.2 Å². The average molecular weight is 270 g/mol. The molecule has 0 radical (unpaired) electrons. The van der Waals surface area contributed by atoms with E-state index in [1.54, 1.807) is 0 Å². The van der Waals surface area contributed by atoms with Gasteiger partial charge >= 0.3 is 0 Å². The first-order valence-corrected chi connectivity index (χ1v) is 7.66. The van der Waals surface area contributed by atoms with Crippen molar-refractivity contribution >= 4 is 5.91 Å². The molecule has 4 nitrogen and oxygen atoms in total. The third kappa shape index (κ3) is 5.49. The van der Waals surface area contributed by atoms with Gasteiger partial charge in [-0.3, -0.25) is 4.79 Å². The molecule has 0 aromatic rings. The van der Waals surface area contributed by atoms with E-state index in [-0.39, 0.29) is 12.5 Å². The van der Waals surface area contributed by atoms with Crippen molar-refractivity contribution in [3.8, 4) is 0 Å². The molecule has 1 aliphatic rings. The number of nitrogens with one attached hydrogen (secondary N) is 1. The third-order valence-corrected chi connectivity index (χ3v) is 4.09. The second-order valence-corrected chi connectivity index (χ2v) is 6.43. The Kier molecular flexibility index (Phi) is 6.80. The highest BCUT2D eigenvalue weighted by Crippen LogP contribution is 2.26. The Morgan fingerprint density at radius 2 is 1.95 bits per heavy atom. The lowest BCUT2D eigenvalue weighted by molar-refractivity contribution is -0.127. The molecule has 0 heterocycles. The predicted octanol–water partition coefficient (Wildman–Crippen LogP) is 1.81. The predicted molar refractivity (Wildman–Crippen MR) is 77.7 cm³/mol. The van der Waals surface area contributed by atoms with Crippen molar-refractivity contribution in [2.45, 2.75) is 64.3 Å². The van der Waals surface area contributed by atoms with Gasteiger partial charge in [-0.25, -0.2) is 0 Å². The molecule has 0 aromatic heterocycles. The maximum absolute atomic E-state index is 12.2. The molecule has 1 fully saturated rings. The second kappa shape index (κ2) is 7.85. The summed E-state index contributed by atoms with van der Waals surface area (Å²) in [6, 6.07) is 0. The Hall–Kier alpha value is -0.610. The zero-order valence-electron chi connectivity index (χ0n) is 12.5. The fourth-order valence-corrected chi connectivity index (χ4v) is 2.98. The van der Waals surface area contributed by atoms with Gasteiger partial charge in [0.2, 0.25) is 5.91 Å². The van der Waals surface area contributed by atoms with Crippen molar-refractivity contribution in [3.63, 3.8) is 0 Å². The van der Waals surface area contributed by atoms with Gasteiger partial charge in [0.05, 0.1) is 5.54 Å². The molecule has 0 spiro atoms. The van der Waals surface area contributed by atoms with Crippen LogP contribution < -0.4 is 11.1 Å². The lowest BCUT2D eigenvalue weighted by atomic mass is 9.81. The molecule has 0 aliphatic heterocycles. The van der Waals surface area contributed by atoms with Crippen LogP contribution in [0.3, 0.4) is 0 Å². The molecule has 112 valence electrons. The zero-order valence-corrected chi connectivity index (χ0v) is 12.5. The molecule has 1 rings (SSSR count). The number of hydrogen-bond donors (Lipinski definition) is 3. The molecule has 0 saturated heterocycles. The van der Waals surface area contributed by atoms with E-state index in [0.717, 1.165) is 38.5 Å². The van der Waals surface area contributed by atoms with Crippen LogP contribution in [0, 0.1) is 11.8 Å². The molecule has 19 heavy (non-hydrogen) atoms. The number of rotatable bonds is 7. The van der Waals surface area contributed by atoms with E-state index >= 15 is 0 Å². The van der Waals surface area contributed by atoms with E-state index < -0.39 is 5.54 Å².